The topological polar surface area (TPSA) is 83.8 Å². The molecule has 1 saturated carbocycles. The summed E-state index contributed by atoms with van der Waals surface area (Å²) in [6.45, 7) is 0. The number of fused-ring (bicyclic) bond motifs is 1. The zero-order valence-corrected chi connectivity index (χ0v) is 13.2. The molecule has 0 aromatic carbocycles. The number of carbonyl (C=O) groups is 1. The number of nitrogens with two attached hydrogens (primary N) is 1. The summed E-state index contributed by atoms with van der Waals surface area (Å²) in [7, 11) is 0. The number of H-pyrrole nitrogens is 1. The van der Waals surface area contributed by atoms with E-state index in [1.54, 1.807) is 11.3 Å². The van der Waals surface area contributed by atoms with Crippen LogP contribution in [0.4, 0.5) is 5.82 Å². The second kappa shape index (κ2) is 5.52. The van der Waals surface area contributed by atoms with Crippen molar-refractivity contribution in [3.63, 3.8) is 0 Å². The van der Waals surface area contributed by atoms with Crippen molar-refractivity contribution >= 4 is 23.1 Å². The highest BCUT2D eigenvalue weighted by atomic mass is 32.1. The Morgan fingerprint density at radius 3 is 2.82 bits per heavy atom. The van der Waals surface area contributed by atoms with Crippen molar-refractivity contribution < 1.29 is 4.79 Å². The highest BCUT2D eigenvalue weighted by Gasteiger charge is 2.37. The van der Waals surface area contributed by atoms with Gasteiger partial charge in [-0.2, -0.15) is 5.10 Å². The molecule has 2 aromatic rings. The van der Waals surface area contributed by atoms with Crippen molar-refractivity contribution in [3.05, 3.63) is 23.1 Å². The molecule has 0 saturated heterocycles. The van der Waals surface area contributed by atoms with Gasteiger partial charge in [-0.15, -0.1) is 11.3 Å². The summed E-state index contributed by atoms with van der Waals surface area (Å²) in [5.41, 5.74) is 8.31. The lowest BCUT2D eigenvalue weighted by Gasteiger charge is -2.34. The van der Waals surface area contributed by atoms with E-state index in [4.69, 9.17) is 5.73 Å². The number of aromatic nitrogens is 2. The van der Waals surface area contributed by atoms with E-state index in [9.17, 15) is 4.79 Å². The molecule has 3 heterocycles. The predicted octanol–water partition coefficient (Wildman–Crippen LogP) is 3.08. The van der Waals surface area contributed by atoms with Gasteiger partial charge >= 0.3 is 0 Å². The maximum atomic E-state index is 12.1. The van der Waals surface area contributed by atoms with Gasteiger partial charge in [0.15, 0.2) is 5.82 Å². The Labute approximate surface area is 133 Å². The van der Waals surface area contributed by atoms with Gasteiger partial charge in [0.2, 0.25) is 5.91 Å². The summed E-state index contributed by atoms with van der Waals surface area (Å²) >= 11 is 1.70. The Hall–Kier alpha value is -1.66. The van der Waals surface area contributed by atoms with E-state index in [1.165, 1.54) is 10.4 Å². The first-order valence-electron chi connectivity index (χ1n) is 7.90. The Morgan fingerprint density at radius 1 is 1.27 bits per heavy atom. The van der Waals surface area contributed by atoms with Gasteiger partial charge in [-0.1, -0.05) is 6.07 Å². The molecule has 0 spiro atoms. The van der Waals surface area contributed by atoms with Crippen LogP contribution in [-0.2, 0) is 4.79 Å². The highest BCUT2D eigenvalue weighted by Crippen LogP contribution is 2.46. The molecule has 1 fully saturated rings. The first kappa shape index (κ1) is 14.0. The molecule has 1 aliphatic heterocycles. The van der Waals surface area contributed by atoms with Crippen LogP contribution in [0.2, 0.25) is 0 Å². The predicted molar refractivity (Wildman–Crippen MR) is 87.8 cm³/mol. The standard InChI is InChI=1S/C16H20N4OS/c17-10-5-3-9(4-6-10)11-8-13(21)18-16-14(11)15(19-20-16)12-2-1-7-22-12/h1-2,7,9-11H,3-6,8,17H2,(H2,18,19,20,21)/t9?,10?,11-/m1/s1. The van der Waals surface area contributed by atoms with Crippen LogP contribution >= 0.6 is 11.3 Å². The number of nitrogens with one attached hydrogen (secondary N) is 2. The molecule has 5 nitrogen and oxygen atoms in total. The monoisotopic (exact) mass is 316 g/mol. The summed E-state index contributed by atoms with van der Waals surface area (Å²) in [4.78, 5) is 13.2. The molecule has 0 radical (unpaired) electrons. The zero-order chi connectivity index (χ0) is 15.1. The van der Waals surface area contributed by atoms with Gasteiger partial charge in [0.05, 0.1) is 10.6 Å². The number of hydrogen-bond donors (Lipinski definition) is 3. The fraction of sp³-hybridized carbons (Fsp3) is 0.500. The first-order chi connectivity index (χ1) is 10.7. The minimum atomic E-state index is 0.0802. The summed E-state index contributed by atoms with van der Waals surface area (Å²) in [5.74, 6) is 1.59. The number of rotatable bonds is 2. The number of anilines is 1. The Balaban J connectivity index is 1.72. The molecule has 1 atom stereocenters. The van der Waals surface area contributed by atoms with Gasteiger partial charge in [0.25, 0.3) is 0 Å². The fourth-order valence-corrected chi connectivity index (χ4v) is 4.58. The van der Waals surface area contributed by atoms with Crippen LogP contribution in [0, 0.1) is 5.92 Å². The lowest BCUT2D eigenvalue weighted by Crippen LogP contribution is -2.32. The third kappa shape index (κ3) is 2.36. The van der Waals surface area contributed by atoms with E-state index in [-0.39, 0.29) is 11.8 Å². The van der Waals surface area contributed by atoms with Crippen molar-refractivity contribution in [2.24, 2.45) is 11.7 Å². The van der Waals surface area contributed by atoms with E-state index >= 15 is 0 Å². The molecule has 2 aliphatic rings. The van der Waals surface area contributed by atoms with Crippen LogP contribution in [-0.4, -0.2) is 22.1 Å². The summed E-state index contributed by atoms with van der Waals surface area (Å²) < 4.78 is 0. The maximum Gasteiger partial charge on any atom is 0.226 e. The molecule has 2 aromatic heterocycles. The third-order valence-corrected chi connectivity index (χ3v) is 5.88. The fourth-order valence-electron chi connectivity index (χ4n) is 3.85. The third-order valence-electron chi connectivity index (χ3n) is 4.99. The number of amides is 1. The SMILES string of the molecule is NC1CCC([C@H]2CC(=O)Nc3n[nH]c(-c4cccs4)c32)CC1. The van der Waals surface area contributed by atoms with E-state index in [2.05, 4.69) is 27.0 Å². The molecule has 1 aliphatic carbocycles. The van der Waals surface area contributed by atoms with Gasteiger partial charge in [-0.05, 0) is 43.0 Å². The van der Waals surface area contributed by atoms with Crippen LogP contribution in [0.3, 0.4) is 0 Å². The molecule has 4 N–H and O–H groups in total. The molecule has 0 unspecified atom stereocenters. The van der Waals surface area contributed by atoms with Gasteiger partial charge in [0, 0.05) is 23.9 Å². The van der Waals surface area contributed by atoms with Crippen LogP contribution in [0.25, 0.3) is 10.6 Å². The molecule has 0 bridgehead atoms. The zero-order valence-electron chi connectivity index (χ0n) is 12.3. The molecular weight excluding hydrogens is 296 g/mol. The Kier molecular flexibility index (Phi) is 3.50. The quantitative estimate of drug-likeness (QED) is 0.796. The van der Waals surface area contributed by atoms with Crippen molar-refractivity contribution in [3.8, 4) is 10.6 Å². The van der Waals surface area contributed by atoms with Crippen molar-refractivity contribution in [2.45, 2.75) is 44.1 Å². The molecule has 1 amide bonds. The summed E-state index contributed by atoms with van der Waals surface area (Å²) in [6, 6.07) is 4.47. The summed E-state index contributed by atoms with van der Waals surface area (Å²) in [6.07, 6.45) is 4.89. The van der Waals surface area contributed by atoms with E-state index in [0.717, 1.165) is 37.2 Å². The van der Waals surface area contributed by atoms with Crippen LogP contribution in [0.15, 0.2) is 17.5 Å². The minimum absolute atomic E-state index is 0.0802. The van der Waals surface area contributed by atoms with Crippen LogP contribution < -0.4 is 11.1 Å². The molecule has 6 heteroatoms. The van der Waals surface area contributed by atoms with Crippen molar-refractivity contribution in [1.29, 1.82) is 0 Å². The number of aromatic amines is 1. The van der Waals surface area contributed by atoms with E-state index in [0.29, 0.717) is 18.4 Å². The highest BCUT2D eigenvalue weighted by molar-refractivity contribution is 7.13. The van der Waals surface area contributed by atoms with Crippen molar-refractivity contribution in [1.82, 2.24) is 10.2 Å². The largest absolute Gasteiger partial charge is 0.328 e. The Bertz CT molecular complexity index is 670. The van der Waals surface area contributed by atoms with Gasteiger partial charge in [0.1, 0.15) is 0 Å². The molecule has 116 valence electrons. The molecule has 4 rings (SSSR count). The number of nitrogens with zero attached hydrogens (tertiary/aromatic N) is 1. The van der Waals surface area contributed by atoms with Crippen molar-refractivity contribution in [2.75, 3.05) is 5.32 Å². The molecular formula is C16H20N4OS. The van der Waals surface area contributed by atoms with E-state index < -0.39 is 0 Å². The smallest absolute Gasteiger partial charge is 0.226 e. The first-order valence-corrected chi connectivity index (χ1v) is 8.78. The lowest BCUT2D eigenvalue weighted by atomic mass is 9.73. The maximum absolute atomic E-state index is 12.1. The van der Waals surface area contributed by atoms with Gasteiger partial charge in [-0.3, -0.25) is 9.89 Å². The normalized spacial score (nSPS) is 28.2. The number of hydrogen-bond acceptors (Lipinski definition) is 4. The van der Waals surface area contributed by atoms with Crippen LogP contribution in [0.1, 0.15) is 43.6 Å². The van der Waals surface area contributed by atoms with Gasteiger partial charge in [-0.25, -0.2) is 0 Å². The van der Waals surface area contributed by atoms with Gasteiger partial charge < -0.3 is 11.1 Å². The lowest BCUT2D eigenvalue weighted by molar-refractivity contribution is -0.117. The van der Waals surface area contributed by atoms with E-state index in [1.807, 2.05) is 6.07 Å². The summed E-state index contributed by atoms with van der Waals surface area (Å²) in [5, 5.41) is 12.5. The second-order valence-corrected chi connectivity index (χ2v) is 7.32. The average molecular weight is 316 g/mol. The minimum Gasteiger partial charge on any atom is -0.328 e. The number of carbonyl (C=O) groups excluding carboxylic acids is 1. The van der Waals surface area contributed by atoms with Crippen LogP contribution in [0.5, 0.6) is 0 Å². The second-order valence-electron chi connectivity index (χ2n) is 6.37. The molecule has 22 heavy (non-hydrogen) atoms. The number of thiophene rings is 1. The average Bonchev–Trinajstić information content (AvgIpc) is 3.15. The Morgan fingerprint density at radius 2 is 2.09 bits per heavy atom.